The van der Waals surface area contributed by atoms with Crippen LogP contribution in [-0.4, -0.2) is 86.2 Å². The van der Waals surface area contributed by atoms with Crippen molar-refractivity contribution < 1.29 is 22.7 Å². The van der Waals surface area contributed by atoms with Crippen LogP contribution in [-0.2, 0) is 24.2 Å². The van der Waals surface area contributed by atoms with Crippen LogP contribution in [0.15, 0.2) is 35.4 Å². The Kier molecular flexibility index (Phi) is 6.68. The first kappa shape index (κ1) is 21.9. The van der Waals surface area contributed by atoms with Gasteiger partial charge < -0.3 is 10.1 Å². The summed E-state index contributed by atoms with van der Waals surface area (Å²) < 4.78 is 29.0. The number of benzene rings is 1. The molecule has 3 heterocycles. The van der Waals surface area contributed by atoms with E-state index in [1.807, 2.05) is 30.3 Å². The van der Waals surface area contributed by atoms with E-state index in [1.54, 1.807) is 0 Å². The first-order valence-electron chi connectivity index (χ1n) is 10.7. The first-order valence-corrected chi connectivity index (χ1v) is 12.5. The minimum Gasteiger partial charge on any atom is -0.379 e. The average molecular weight is 449 g/mol. The molecule has 168 valence electrons. The lowest BCUT2D eigenvalue weighted by Crippen LogP contribution is -2.47. The van der Waals surface area contributed by atoms with Crippen molar-refractivity contribution in [1.29, 1.82) is 0 Å². The van der Waals surface area contributed by atoms with E-state index in [4.69, 9.17) is 4.74 Å². The van der Waals surface area contributed by atoms with Crippen molar-refractivity contribution in [2.24, 2.45) is 5.10 Å². The molecule has 9 nitrogen and oxygen atoms in total. The number of nitrogens with one attached hydrogen (secondary N) is 1. The Morgan fingerprint density at radius 2 is 1.94 bits per heavy atom. The number of sulfone groups is 1. The molecule has 0 saturated carbocycles. The van der Waals surface area contributed by atoms with Crippen molar-refractivity contribution in [2.75, 3.05) is 44.4 Å². The van der Waals surface area contributed by atoms with Crippen LogP contribution < -0.4 is 5.32 Å². The standard InChI is InChI=1S/C21H28N4O5S/c26-20-7-6-18(23-25(20)17-8-13-31(28,29)15-17)21(27)22-14-19(16-4-2-1-3-5-16)24-9-11-30-12-10-24/h1-5,17,19H,6-15H2,(H,22,27)/t17-,19-/m1/s1. The van der Waals surface area contributed by atoms with Crippen molar-refractivity contribution in [3.05, 3.63) is 35.9 Å². The fraction of sp³-hybridized carbons (Fsp3) is 0.571. The van der Waals surface area contributed by atoms with Gasteiger partial charge in [-0.15, -0.1) is 0 Å². The van der Waals surface area contributed by atoms with Crippen molar-refractivity contribution in [3.8, 4) is 0 Å². The molecule has 1 aromatic carbocycles. The third-order valence-electron chi connectivity index (χ3n) is 6.00. The molecule has 0 radical (unpaired) electrons. The Morgan fingerprint density at radius 1 is 1.19 bits per heavy atom. The Bertz CT molecular complexity index is 944. The molecule has 4 rings (SSSR count). The number of rotatable bonds is 6. The molecule has 10 heteroatoms. The molecule has 2 saturated heterocycles. The van der Waals surface area contributed by atoms with Gasteiger partial charge in [-0.2, -0.15) is 5.10 Å². The van der Waals surface area contributed by atoms with Crippen LogP contribution in [0.4, 0.5) is 0 Å². The van der Waals surface area contributed by atoms with Crippen LogP contribution in [0.3, 0.4) is 0 Å². The number of carbonyl (C=O) groups excluding carboxylic acids is 2. The smallest absolute Gasteiger partial charge is 0.267 e. The molecule has 0 unspecified atom stereocenters. The van der Waals surface area contributed by atoms with Crippen molar-refractivity contribution in [2.45, 2.75) is 31.3 Å². The highest BCUT2D eigenvalue weighted by Crippen LogP contribution is 2.23. The molecule has 0 aliphatic carbocycles. The lowest BCUT2D eigenvalue weighted by molar-refractivity contribution is -0.133. The van der Waals surface area contributed by atoms with Gasteiger partial charge in [0.1, 0.15) is 5.71 Å². The number of amides is 2. The van der Waals surface area contributed by atoms with Gasteiger partial charge >= 0.3 is 0 Å². The summed E-state index contributed by atoms with van der Waals surface area (Å²) in [5.41, 5.74) is 1.39. The monoisotopic (exact) mass is 448 g/mol. The molecule has 31 heavy (non-hydrogen) atoms. The largest absolute Gasteiger partial charge is 0.379 e. The van der Waals surface area contributed by atoms with Crippen LogP contribution in [0.25, 0.3) is 0 Å². The summed E-state index contributed by atoms with van der Waals surface area (Å²) in [5, 5.41) is 8.47. The molecule has 0 aromatic heterocycles. The highest BCUT2D eigenvalue weighted by atomic mass is 32.2. The molecule has 2 amide bonds. The third-order valence-corrected chi connectivity index (χ3v) is 7.75. The Balaban J connectivity index is 1.44. The molecule has 1 N–H and O–H groups in total. The highest BCUT2D eigenvalue weighted by molar-refractivity contribution is 7.91. The zero-order valence-corrected chi connectivity index (χ0v) is 18.2. The van der Waals surface area contributed by atoms with E-state index in [9.17, 15) is 18.0 Å². The SMILES string of the molecule is O=C(NC[C@H](c1ccccc1)N1CCOCC1)C1=NN([C@@H]2CCS(=O)(=O)C2)C(=O)CC1. The molecular formula is C21H28N4O5S. The molecular weight excluding hydrogens is 420 g/mol. The second kappa shape index (κ2) is 9.46. The normalized spacial score (nSPS) is 25.2. The van der Waals surface area contributed by atoms with E-state index in [2.05, 4.69) is 15.3 Å². The molecule has 2 fully saturated rings. The number of nitrogens with zero attached hydrogens (tertiary/aromatic N) is 3. The van der Waals surface area contributed by atoms with Gasteiger partial charge in [0.25, 0.3) is 5.91 Å². The van der Waals surface area contributed by atoms with Gasteiger partial charge in [-0.1, -0.05) is 30.3 Å². The van der Waals surface area contributed by atoms with Crippen molar-refractivity contribution in [1.82, 2.24) is 15.2 Å². The topological polar surface area (TPSA) is 108 Å². The van der Waals surface area contributed by atoms with Gasteiger partial charge in [0, 0.05) is 32.5 Å². The van der Waals surface area contributed by atoms with Crippen LogP contribution in [0.5, 0.6) is 0 Å². The van der Waals surface area contributed by atoms with E-state index < -0.39 is 15.9 Å². The second-order valence-corrected chi connectivity index (χ2v) is 10.4. The molecule has 3 aliphatic rings. The maximum Gasteiger partial charge on any atom is 0.267 e. The molecule has 2 atom stereocenters. The van der Waals surface area contributed by atoms with E-state index in [-0.39, 0.29) is 47.9 Å². The van der Waals surface area contributed by atoms with Gasteiger partial charge in [-0.3, -0.25) is 14.5 Å². The van der Waals surface area contributed by atoms with Gasteiger partial charge in [-0.25, -0.2) is 13.4 Å². The van der Waals surface area contributed by atoms with E-state index in [0.29, 0.717) is 26.2 Å². The first-order chi connectivity index (χ1) is 14.9. The molecule has 0 spiro atoms. The lowest BCUT2D eigenvalue weighted by atomic mass is 10.0. The minimum absolute atomic E-state index is 0.0101. The molecule has 3 aliphatic heterocycles. The maximum absolute atomic E-state index is 12.9. The van der Waals surface area contributed by atoms with E-state index in [1.165, 1.54) is 5.01 Å². The zero-order valence-electron chi connectivity index (χ0n) is 17.4. The van der Waals surface area contributed by atoms with Crippen LogP contribution in [0, 0.1) is 0 Å². The fourth-order valence-electron chi connectivity index (χ4n) is 4.30. The zero-order chi connectivity index (χ0) is 21.8. The van der Waals surface area contributed by atoms with Gasteiger partial charge in [0.2, 0.25) is 5.91 Å². The number of hydrazone groups is 1. The lowest BCUT2D eigenvalue weighted by Gasteiger charge is -2.35. The van der Waals surface area contributed by atoms with Gasteiger partial charge in [0.05, 0.1) is 36.8 Å². The number of hydrogen-bond donors (Lipinski definition) is 1. The summed E-state index contributed by atoms with van der Waals surface area (Å²) in [4.78, 5) is 27.5. The summed E-state index contributed by atoms with van der Waals surface area (Å²) in [6.45, 7) is 3.30. The van der Waals surface area contributed by atoms with E-state index in [0.717, 1.165) is 18.7 Å². The Hall–Kier alpha value is -2.30. The number of morpholine rings is 1. The second-order valence-electron chi connectivity index (χ2n) is 8.13. The predicted molar refractivity (Wildman–Crippen MR) is 115 cm³/mol. The van der Waals surface area contributed by atoms with Crippen LogP contribution in [0.2, 0.25) is 0 Å². The summed E-state index contributed by atoms with van der Waals surface area (Å²) >= 11 is 0. The summed E-state index contributed by atoms with van der Waals surface area (Å²) in [7, 11) is -3.15. The minimum atomic E-state index is -3.15. The average Bonchev–Trinajstić information content (AvgIpc) is 3.15. The van der Waals surface area contributed by atoms with Crippen LogP contribution in [0.1, 0.15) is 30.9 Å². The van der Waals surface area contributed by atoms with Crippen molar-refractivity contribution in [3.63, 3.8) is 0 Å². The number of carbonyl (C=O) groups is 2. The van der Waals surface area contributed by atoms with Crippen molar-refractivity contribution >= 4 is 27.4 Å². The molecule has 0 bridgehead atoms. The summed E-state index contributed by atoms with van der Waals surface area (Å²) in [6.07, 6.45) is 0.780. The van der Waals surface area contributed by atoms with Gasteiger partial charge in [-0.05, 0) is 12.0 Å². The number of ether oxygens (including phenoxy) is 1. The summed E-state index contributed by atoms with van der Waals surface area (Å²) in [6, 6.07) is 9.55. The van der Waals surface area contributed by atoms with Gasteiger partial charge in [0.15, 0.2) is 9.84 Å². The molecule has 1 aromatic rings. The third kappa shape index (κ3) is 5.31. The Labute approximate surface area is 182 Å². The Morgan fingerprint density at radius 3 is 2.61 bits per heavy atom. The predicted octanol–water partition coefficient (Wildman–Crippen LogP) is 0.342. The fourth-order valence-corrected chi connectivity index (χ4v) is 5.99. The van der Waals surface area contributed by atoms with E-state index >= 15 is 0 Å². The maximum atomic E-state index is 12.9. The quantitative estimate of drug-likeness (QED) is 0.672. The number of hydrogen-bond acceptors (Lipinski definition) is 7. The highest BCUT2D eigenvalue weighted by Gasteiger charge is 2.37. The van der Waals surface area contributed by atoms with Crippen LogP contribution >= 0.6 is 0 Å². The summed E-state index contributed by atoms with van der Waals surface area (Å²) in [5.74, 6) is -0.581.